The Bertz CT molecular complexity index is 215. The summed E-state index contributed by atoms with van der Waals surface area (Å²) in [5.74, 6) is -0.105. The number of halogens is 1. The van der Waals surface area contributed by atoms with Crippen molar-refractivity contribution in [2.24, 2.45) is 11.7 Å². The van der Waals surface area contributed by atoms with Gasteiger partial charge >= 0.3 is 5.97 Å². The molecule has 16 heavy (non-hydrogen) atoms. The normalized spacial score (nSPS) is 31.4. The molecule has 2 N–H and O–H groups in total. The van der Waals surface area contributed by atoms with Gasteiger partial charge in [0.1, 0.15) is 6.04 Å². The van der Waals surface area contributed by atoms with E-state index < -0.39 is 6.04 Å². The molecule has 0 spiro atoms. The summed E-state index contributed by atoms with van der Waals surface area (Å²) in [5, 5.41) is 0. The molecule has 0 aromatic heterocycles. The number of hydrogen-bond donors (Lipinski definition) is 1. The third kappa shape index (κ3) is 4.28. The minimum atomic E-state index is -0.501. The molecule has 1 fully saturated rings. The fourth-order valence-corrected chi connectivity index (χ4v) is 2.18. The number of ether oxygens (including phenoxy) is 2. The van der Waals surface area contributed by atoms with Crippen LogP contribution in [-0.4, -0.2) is 30.8 Å². The Morgan fingerprint density at radius 2 is 1.94 bits per heavy atom. The lowest BCUT2D eigenvalue weighted by atomic mass is 9.87. The minimum Gasteiger partial charge on any atom is -0.465 e. The molecule has 3 atom stereocenters. The van der Waals surface area contributed by atoms with Crippen LogP contribution in [0.25, 0.3) is 0 Å². The van der Waals surface area contributed by atoms with Crippen LogP contribution in [0.2, 0.25) is 0 Å². The van der Waals surface area contributed by atoms with Crippen molar-refractivity contribution in [1.29, 1.82) is 0 Å². The van der Waals surface area contributed by atoms with Gasteiger partial charge in [0.25, 0.3) is 0 Å². The molecule has 0 saturated carbocycles. The van der Waals surface area contributed by atoms with E-state index in [1.54, 1.807) is 6.92 Å². The molecule has 96 valence electrons. The molecule has 1 aliphatic heterocycles. The highest BCUT2D eigenvalue weighted by molar-refractivity contribution is 5.85. The quantitative estimate of drug-likeness (QED) is 0.773. The predicted octanol–water partition coefficient (Wildman–Crippen LogP) is 1.50. The van der Waals surface area contributed by atoms with Crippen LogP contribution < -0.4 is 5.73 Å². The molecule has 0 aliphatic carbocycles. The molecule has 5 heteroatoms. The minimum absolute atomic E-state index is 0. The van der Waals surface area contributed by atoms with Crippen LogP contribution in [0.4, 0.5) is 0 Å². The van der Waals surface area contributed by atoms with E-state index >= 15 is 0 Å². The molecule has 1 aliphatic rings. The zero-order valence-electron chi connectivity index (χ0n) is 10.1. The lowest BCUT2D eigenvalue weighted by molar-refractivity contribution is -0.148. The average molecular weight is 252 g/mol. The van der Waals surface area contributed by atoms with Crippen LogP contribution in [-0.2, 0) is 14.3 Å². The first-order valence-corrected chi connectivity index (χ1v) is 5.62. The van der Waals surface area contributed by atoms with Gasteiger partial charge in [-0.15, -0.1) is 12.4 Å². The Labute approximate surface area is 103 Å². The Hall–Kier alpha value is -0.320. The molecular formula is C11H22ClNO3. The molecule has 0 aromatic rings. The number of hydrogen-bond acceptors (Lipinski definition) is 4. The van der Waals surface area contributed by atoms with E-state index in [9.17, 15) is 4.79 Å². The van der Waals surface area contributed by atoms with Gasteiger partial charge in [-0.1, -0.05) is 0 Å². The summed E-state index contributed by atoms with van der Waals surface area (Å²) in [4.78, 5) is 11.5. The van der Waals surface area contributed by atoms with Gasteiger partial charge in [-0.2, -0.15) is 0 Å². The second-order valence-electron chi connectivity index (χ2n) is 4.27. The van der Waals surface area contributed by atoms with Crippen LogP contribution >= 0.6 is 12.4 Å². The van der Waals surface area contributed by atoms with Gasteiger partial charge < -0.3 is 15.2 Å². The van der Waals surface area contributed by atoms with E-state index in [1.807, 2.05) is 13.8 Å². The fourth-order valence-electron chi connectivity index (χ4n) is 2.18. The SMILES string of the molecule is CCOC(=O)[C@@H](N)C1C[C@@H](C)O[C@H](C)C1.Cl. The maximum absolute atomic E-state index is 11.5. The van der Waals surface area contributed by atoms with Crippen LogP contribution in [0.15, 0.2) is 0 Å². The topological polar surface area (TPSA) is 61.5 Å². The first-order valence-electron chi connectivity index (χ1n) is 5.62. The van der Waals surface area contributed by atoms with Gasteiger partial charge in [-0.25, -0.2) is 0 Å². The smallest absolute Gasteiger partial charge is 0.323 e. The molecule has 0 radical (unpaired) electrons. The third-order valence-corrected chi connectivity index (χ3v) is 2.80. The van der Waals surface area contributed by atoms with Crippen LogP contribution in [0.5, 0.6) is 0 Å². The van der Waals surface area contributed by atoms with Crippen LogP contribution in [0.1, 0.15) is 33.6 Å². The van der Waals surface area contributed by atoms with Crippen molar-refractivity contribution in [1.82, 2.24) is 0 Å². The van der Waals surface area contributed by atoms with E-state index in [1.165, 1.54) is 0 Å². The summed E-state index contributed by atoms with van der Waals surface area (Å²) in [6.07, 6.45) is 2.03. The maximum atomic E-state index is 11.5. The molecule has 0 aromatic carbocycles. The van der Waals surface area contributed by atoms with Gasteiger partial charge in [0.05, 0.1) is 18.8 Å². The fraction of sp³-hybridized carbons (Fsp3) is 0.909. The van der Waals surface area contributed by atoms with Crippen molar-refractivity contribution >= 4 is 18.4 Å². The monoisotopic (exact) mass is 251 g/mol. The highest BCUT2D eigenvalue weighted by Gasteiger charge is 2.32. The number of nitrogens with two attached hydrogens (primary N) is 1. The third-order valence-electron chi connectivity index (χ3n) is 2.80. The molecule has 0 bridgehead atoms. The van der Waals surface area contributed by atoms with Gasteiger partial charge in [0.15, 0.2) is 0 Å². The van der Waals surface area contributed by atoms with Gasteiger partial charge in [0.2, 0.25) is 0 Å². The molecule has 4 nitrogen and oxygen atoms in total. The summed E-state index contributed by atoms with van der Waals surface area (Å²) in [6, 6.07) is -0.501. The lowest BCUT2D eigenvalue weighted by Gasteiger charge is -2.34. The Morgan fingerprint density at radius 1 is 1.44 bits per heavy atom. The average Bonchev–Trinajstić information content (AvgIpc) is 2.15. The van der Waals surface area contributed by atoms with Crippen LogP contribution in [0, 0.1) is 5.92 Å². The summed E-state index contributed by atoms with van der Waals surface area (Å²) in [6.45, 7) is 6.21. The molecule has 0 unspecified atom stereocenters. The van der Waals surface area contributed by atoms with Crippen molar-refractivity contribution in [2.75, 3.05) is 6.61 Å². The largest absolute Gasteiger partial charge is 0.465 e. The van der Waals surface area contributed by atoms with E-state index in [4.69, 9.17) is 15.2 Å². The van der Waals surface area contributed by atoms with Crippen LogP contribution in [0.3, 0.4) is 0 Å². The van der Waals surface area contributed by atoms with Gasteiger partial charge in [-0.05, 0) is 39.5 Å². The summed E-state index contributed by atoms with van der Waals surface area (Å²) >= 11 is 0. The lowest BCUT2D eigenvalue weighted by Crippen LogP contribution is -2.45. The van der Waals surface area contributed by atoms with Crippen molar-refractivity contribution in [2.45, 2.75) is 51.9 Å². The summed E-state index contributed by atoms with van der Waals surface area (Å²) < 4.78 is 10.5. The van der Waals surface area contributed by atoms with Crippen molar-refractivity contribution in [3.63, 3.8) is 0 Å². The number of carbonyl (C=O) groups excluding carboxylic acids is 1. The maximum Gasteiger partial charge on any atom is 0.323 e. The Balaban J connectivity index is 0.00000225. The number of carbonyl (C=O) groups is 1. The summed E-state index contributed by atoms with van der Waals surface area (Å²) in [5.41, 5.74) is 5.87. The first kappa shape index (κ1) is 15.7. The van der Waals surface area contributed by atoms with Gasteiger partial charge in [0, 0.05) is 0 Å². The highest BCUT2D eigenvalue weighted by atomic mass is 35.5. The standard InChI is InChI=1S/C11H21NO3.ClH/c1-4-14-11(13)10(12)9-5-7(2)15-8(3)6-9;/h7-10H,4-6,12H2,1-3H3;1H/t7-,8-,10+;/m1./s1. The van der Waals surface area contributed by atoms with E-state index in [2.05, 4.69) is 0 Å². The second-order valence-corrected chi connectivity index (χ2v) is 4.27. The Morgan fingerprint density at radius 3 is 2.38 bits per heavy atom. The second kappa shape index (κ2) is 7.09. The molecule has 1 rings (SSSR count). The molecule has 0 amide bonds. The number of rotatable bonds is 3. The van der Waals surface area contributed by atoms with Crippen molar-refractivity contribution in [3.05, 3.63) is 0 Å². The first-order chi connectivity index (χ1) is 7.04. The highest BCUT2D eigenvalue weighted by Crippen LogP contribution is 2.26. The number of esters is 1. The predicted molar refractivity (Wildman–Crippen MR) is 64.6 cm³/mol. The summed E-state index contributed by atoms with van der Waals surface area (Å²) in [7, 11) is 0. The molecule has 1 saturated heterocycles. The van der Waals surface area contributed by atoms with E-state index in [0.717, 1.165) is 12.8 Å². The van der Waals surface area contributed by atoms with E-state index in [-0.39, 0.29) is 36.5 Å². The molecular weight excluding hydrogens is 230 g/mol. The van der Waals surface area contributed by atoms with Crippen molar-refractivity contribution in [3.8, 4) is 0 Å². The Kier molecular flexibility index (Phi) is 6.95. The van der Waals surface area contributed by atoms with Crippen molar-refractivity contribution < 1.29 is 14.3 Å². The molecule has 1 heterocycles. The zero-order chi connectivity index (χ0) is 11.4. The zero-order valence-corrected chi connectivity index (χ0v) is 11.0. The van der Waals surface area contributed by atoms with E-state index in [0.29, 0.717) is 6.61 Å². The van der Waals surface area contributed by atoms with Gasteiger partial charge in [-0.3, -0.25) is 4.79 Å².